The lowest BCUT2D eigenvalue weighted by molar-refractivity contribution is -0.122. The van der Waals surface area contributed by atoms with Gasteiger partial charge in [-0.3, -0.25) is 9.59 Å². The molecule has 1 fully saturated rings. The molecule has 108 valence electrons. The molecule has 1 aliphatic heterocycles. The Morgan fingerprint density at radius 2 is 2.10 bits per heavy atom. The highest BCUT2D eigenvalue weighted by Crippen LogP contribution is 2.16. The molecule has 0 radical (unpaired) electrons. The van der Waals surface area contributed by atoms with E-state index in [-0.39, 0.29) is 23.9 Å². The molecule has 0 aliphatic carbocycles. The highest BCUT2D eigenvalue weighted by molar-refractivity contribution is 5.99. The second-order valence-corrected chi connectivity index (χ2v) is 5.36. The second-order valence-electron chi connectivity index (χ2n) is 5.36. The predicted octanol–water partition coefficient (Wildman–Crippen LogP) is 1.52. The van der Waals surface area contributed by atoms with Gasteiger partial charge in [0.15, 0.2) is 0 Å². The zero-order valence-corrected chi connectivity index (χ0v) is 11.9. The first-order valence-corrected chi connectivity index (χ1v) is 6.99. The van der Waals surface area contributed by atoms with E-state index in [4.69, 9.17) is 0 Å². The van der Waals surface area contributed by atoms with Gasteiger partial charge in [-0.25, -0.2) is 0 Å². The Morgan fingerprint density at radius 3 is 2.75 bits per heavy atom. The van der Waals surface area contributed by atoms with Gasteiger partial charge >= 0.3 is 0 Å². The normalized spacial score (nSPS) is 18.6. The summed E-state index contributed by atoms with van der Waals surface area (Å²) >= 11 is 0. The van der Waals surface area contributed by atoms with E-state index in [0.717, 1.165) is 5.69 Å². The van der Waals surface area contributed by atoms with E-state index in [2.05, 4.69) is 16.0 Å². The van der Waals surface area contributed by atoms with Gasteiger partial charge in [-0.15, -0.1) is 0 Å². The Kier molecular flexibility index (Phi) is 4.61. The summed E-state index contributed by atoms with van der Waals surface area (Å²) in [5.74, 6) is -0.0488. The van der Waals surface area contributed by atoms with E-state index in [1.54, 1.807) is 6.07 Å². The summed E-state index contributed by atoms with van der Waals surface area (Å²) in [5, 5.41) is 9.01. The lowest BCUT2D eigenvalue weighted by atomic mass is 10.1. The van der Waals surface area contributed by atoms with Crippen LogP contribution in [0.2, 0.25) is 0 Å². The van der Waals surface area contributed by atoms with Crippen LogP contribution >= 0.6 is 0 Å². The second kappa shape index (κ2) is 6.41. The van der Waals surface area contributed by atoms with Crippen LogP contribution in [0.15, 0.2) is 24.3 Å². The van der Waals surface area contributed by atoms with Crippen LogP contribution in [0.1, 0.15) is 37.0 Å². The molecule has 5 nitrogen and oxygen atoms in total. The molecule has 1 aromatic rings. The van der Waals surface area contributed by atoms with E-state index in [0.29, 0.717) is 24.9 Å². The minimum atomic E-state index is -0.102. The maximum atomic E-state index is 12.3. The predicted molar refractivity (Wildman–Crippen MR) is 78.7 cm³/mol. The molecule has 1 atom stereocenters. The van der Waals surface area contributed by atoms with Gasteiger partial charge in [0.1, 0.15) is 0 Å². The maximum absolute atomic E-state index is 12.3. The SMILES string of the molecule is CC(C)Nc1ccccc1C(=O)NC1CCC(=O)NC1. The third-order valence-electron chi connectivity index (χ3n) is 3.22. The van der Waals surface area contributed by atoms with E-state index >= 15 is 0 Å². The summed E-state index contributed by atoms with van der Waals surface area (Å²) < 4.78 is 0. The highest BCUT2D eigenvalue weighted by atomic mass is 16.2. The molecule has 0 bridgehead atoms. The number of anilines is 1. The average molecular weight is 275 g/mol. The average Bonchev–Trinajstić information content (AvgIpc) is 2.41. The summed E-state index contributed by atoms with van der Waals surface area (Å²) in [6.45, 7) is 4.57. The molecule has 0 saturated carbocycles. The fourth-order valence-corrected chi connectivity index (χ4v) is 2.24. The zero-order chi connectivity index (χ0) is 14.5. The molecule has 0 aromatic heterocycles. The number of carbonyl (C=O) groups is 2. The molecule has 3 N–H and O–H groups in total. The number of nitrogens with one attached hydrogen (secondary N) is 3. The number of hydrogen-bond donors (Lipinski definition) is 3. The van der Waals surface area contributed by atoms with Gasteiger partial charge in [0.2, 0.25) is 5.91 Å². The molecule has 2 amide bonds. The molecule has 1 unspecified atom stereocenters. The van der Waals surface area contributed by atoms with Crippen LogP contribution in [0.5, 0.6) is 0 Å². The summed E-state index contributed by atoms with van der Waals surface area (Å²) in [6, 6.07) is 7.73. The van der Waals surface area contributed by atoms with Gasteiger partial charge < -0.3 is 16.0 Å². The monoisotopic (exact) mass is 275 g/mol. The van der Waals surface area contributed by atoms with Crippen molar-refractivity contribution in [2.24, 2.45) is 0 Å². The van der Waals surface area contributed by atoms with Crippen molar-refractivity contribution < 1.29 is 9.59 Å². The molecule has 1 aliphatic rings. The van der Waals surface area contributed by atoms with Crippen molar-refractivity contribution in [1.82, 2.24) is 10.6 Å². The van der Waals surface area contributed by atoms with Crippen molar-refractivity contribution in [3.05, 3.63) is 29.8 Å². The summed E-state index contributed by atoms with van der Waals surface area (Å²) in [7, 11) is 0. The van der Waals surface area contributed by atoms with Crippen LogP contribution in [0.4, 0.5) is 5.69 Å². The van der Waals surface area contributed by atoms with Crippen molar-refractivity contribution in [3.63, 3.8) is 0 Å². The molecule has 1 aromatic carbocycles. The maximum Gasteiger partial charge on any atom is 0.253 e. The van der Waals surface area contributed by atoms with Crippen LogP contribution in [-0.4, -0.2) is 30.4 Å². The molecular formula is C15H21N3O2. The fraction of sp³-hybridized carbons (Fsp3) is 0.467. The lowest BCUT2D eigenvalue weighted by Gasteiger charge is -2.24. The number of amides is 2. The number of hydrogen-bond acceptors (Lipinski definition) is 3. The first kappa shape index (κ1) is 14.4. The number of para-hydroxylation sites is 1. The van der Waals surface area contributed by atoms with Gasteiger partial charge in [0, 0.05) is 30.7 Å². The van der Waals surface area contributed by atoms with Crippen LogP contribution in [0.25, 0.3) is 0 Å². The minimum Gasteiger partial charge on any atom is -0.382 e. The van der Waals surface area contributed by atoms with E-state index in [9.17, 15) is 9.59 Å². The Labute approximate surface area is 119 Å². The van der Waals surface area contributed by atoms with E-state index in [1.165, 1.54) is 0 Å². The zero-order valence-electron chi connectivity index (χ0n) is 11.9. The van der Waals surface area contributed by atoms with Crippen molar-refractivity contribution in [2.75, 3.05) is 11.9 Å². The van der Waals surface area contributed by atoms with Gasteiger partial charge in [-0.1, -0.05) is 12.1 Å². The van der Waals surface area contributed by atoms with Crippen molar-refractivity contribution >= 4 is 17.5 Å². The Hall–Kier alpha value is -2.04. The Bertz CT molecular complexity index is 490. The van der Waals surface area contributed by atoms with E-state index in [1.807, 2.05) is 32.0 Å². The van der Waals surface area contributed by atoms with Crippen LogP contribution in [-0.2, 0) is 4.79 Å². The Morgan fingerprint density at radius 1 is 1.35 bits per heavy atom. The number of piperidine rings is 1. The van der Waals surface area contributed by atoms with Crippen LogP contribution in [0, 0.1) is 0 Å². The van der Waals surface area contributed by atoms with Crippen molar-refractivity contribution in [3.8, 4) is 0 Å². The van der Waals surface area contributed by atoms with Crippen molar-refractivity contribution in [1.29, 1.82) is 0 Å². The molecule has 5 heteroatoms. The van der Waals surface area contributed by atoms with Gasteiger partial charge in [-0.2, -0.15) is 0 Å². The summed E-state index contributed by atoms with van der Waals surface area (Å²) in [6.07, 6.45) is 1.16. The van der Waals surface area contributed by atoms with E-state index < -0.39 is 0 Å². The standard InChI is InChI=1S/C15H21N3O2/c1-10(2)17-13-6-4-3-5-12(13)15(20)18-11-7-8-14(19)16-9-11/h3-6,10-11,17H,7-9H2,1-2H3,(H,16,19)(H,18,20). The molecule has 1 heterocycles. The van der Waals surface area contributed by atoms with Gasteiger partial charge in [-0.05, 0) is 32.4 Å². The largest absolute Gasteiger partial charge is 0.382 e. The van der Waals surface area contributed by atoms with Crippen LogP contribution in [0.3, 0.4) is 0 Å². The number of rotatable bonds is 4. The molecule has 1 saturated heterocycles. The summed E-state index contributed by atoms with van der Waals surface area (Å²) in [4.78, 5) is 23.4. The van der Waals surface area contributed by atoms with Crippen LogP contribution < -0.4 is 16.0 Å². The summed E-state index contributed by atoms with van der Waals surface area (Å²) in [5.41, 5.74) is 1.47. The third kappa shape index (κ3) is 3.73. The first-order chi connectivity index (χ1) is 9.56. The third-order valence-corrected chi connectivity index (χ3v) is 3.22. The lowest BCUT2D eigenvalue weighted by Crippen LogP contribution is -2.47. The molecule has 0 spiro atoms. The highest BCUT2D eigenvalue weighted by Gasteiger charge is 2.21. The molecule has 20 heavy (non-hydrogen) atoms. The van der Waals surface area contributed by atoms with Crippen molar-refractivity contribution in [2.45, 2.75) is 38.8 Å². The van der Waals surface area contributed by atoms with Gasteiger partial charge in [0.05, 0.1) is 5.56 Å². The topological polar surface area (TPSA) is 70.2 Å². The minimum absolute atomic E-state index is 0.00676. The number of benzene rings is 1. The quantitative estimate of drug-likeness (QED) is 0.780. The van der Waals surface area contributed by atoms with Gasteiger partial charge in [0.25, 0.3) is 5.91 Å². The Balaban J connectivity index is 2.03. The first-order valence-electron chi connectivity index (χ1n) is 6.99. The number of carbonyl (C=O) groups excluding carboxylic acids is 2. The smallest absolute Gasteiger partial charge is 0.253 e. The molecule has 2 rings (SSSR count). The fourth-order valence-electron chi connectivity index (χ4n) is 2.24. The molecular weight excluding hydrogens is 254 g/mol.